The molecule has 76 valence electrons. The van der Waals surface area contributed by atoms with Crippen LogP contribution in [0.3, 0.4) is 0 Å². The quantitative estimate of drug-likeness (QED) is 0.707. The van der Waals surface area contributed by atoms with Crippen molar-refractivity contribution >= 4 is 5.69 Å². The summed E-state index contributed by atoms with van der Waals surface area (Å²) in [5, 5.41) is 0. The summed E-state index contributed by atoms with van der Waals surface area (Å²) in [4.78, 5) is 0. The molecule has 0 saturated heterocycles. The smallest absolute Gasteiger partial charge is 0.0316 e. The summed E-state index contributed by atoms with van der Waals surface area (Å²) in [7, 11) is 0. The molecule has 1 heteroatoms. The number of benzene rings is 1. The second kappa shape index (κ2) is 4.04. The molecular formula is C13H19N. The van der Waals surface area contributed by atoms with Crippen LogP contribution in [-0.4, -0.2) is 0 Å². The Hall–Kier alpha value is -0.980. The van der Waals surface area contributed by atoms with Gasteiger partial charge >= 0.3 is 0 Å². The number of hydrogen-bond donors (Lipinski definition) is 1. The highest BCUT2D eigenvalue weighted by Gasteiger charge is 2.22. The highest BCUT2D eigenvalue weighted by molar-refractivity contribution is 5.41. The molecule has 1 aromatic carbocycles. The summed E-state index contributed by atoms with van der Waals surface area (Å²) >= 11 is 0. The third-order valence-corrected chi connectivity index (χ3v) is 3.54. The number of anilines is 1. The predicted molar refractivity (Wildman–Crippen MR) is 61.2 cm³/mol. The molecule has 2 rings (SSSR count). The molecule has 0 aromatic heterocycles. The topological polar surface area (TPSA) is 26.0 Å². The zero-order valence-corrected chi connectivity index (χ0v) is 8.87. The van der Waals surface area contributed by atoms with Gasteiger partial charge in [0, 0.05) is 5.69 Å². The van der Waals surface area contributed by atoms with Crippen LogP contribution in [0.4, 0.5) is 5.69 Å². The predicted octanol–water partition coefficient (Wildman–Crippen LogP) is 3.56. The van der Waals surface area contributed by atoms with Crippen LogP contribution in [0.2, 0.25) is 0 Å². The van der Waals surface area contributed by atoms with Crippen LogP contribution >= 0.6 is 0 Å². The molecule has 0 spiro atoms. The molecule has 0 aliphatic heterocycles. The lowest BCUT2D eigenvalue weighted by Gasteiger charge is -2.19. The average molecular weight is 189 g/mol. The maximum Gasteiger partial charge on any atom is 0.0316 e. The molecule has 1 atom stereocenters. The molecule has 1 aliphatic rings. The van der Waals surface area contributed by atoms with Gasteiger partial charge in [-0.1, -0.05) is 31.9 Å². The zero-order chi connectivity index (χ0) is 9.97. The van der Waals surface area contributed by atoms with Crippen LogP contribution < -0.4 is 5.73 Å². The van der Waals surface area contributed by atoms with Crippen molar-refractivity contribution in [2.75, 3.05) is 5.73 Å². The minimum Gasteiger partial charge on any atom is -0.399 e. The van der Waals surface area contributed by atoms with Crippen LogP contribution in [0.5, 0.6) is 0 Å². The van der Waals surface area contributed by atoms with Gasteiger partial charge in [-0.05, 0) is 42.4 Å². The van der Waals surface area contributed by atoms with Crippen molar-refractivity contribution in [3.63, 3.8) is 0 Å². The van der Waals surface area contributed by atoms with Crippen LogP contribution in [0.1, 0.15) is 44.1 Å². The van der Waals surface area contributed by atoms with Gasteiger partial charge in [-0.25, -0.2) is 0 Å². The summed E-state index contributed by atoms with van der Waals surface area (Å²) in [5.74, 6) is 1.57. The molecule has 1 unspecified atom stereocenters. The van der Waals surface area contributed by atoms with Crippen molar-refractivity contribution in [3.8, 4) is 0 Å². The SMILES string of the molecule is CC(c1cccc(N)c1)C1CCCC1. The van der Waals surface area contributed by atoms with E-state index in [-0.39, 0.29) is 0 Å². The fraction of sp³-hybridized carbons (Fsp3) is 0.538. The van der Waals surface area contributed by atoms with E-state index in [0.717, 1.165) is 11.6 Å². The molecule has 1 aromatic rings. The van der Waals surface area contributed by atoms with Crippen molar-refractivity contribution < 1.29 is 0 Å². The molecule has 0 heterocycles. The lowest BCUT2D eigenvalue weighted by atomic mass is 9.86. The second-order valence-corrected chi connectivity index (χ2v) is 4.50. The van der Waals surface area contributed by atoms with Crippen molar-refractivity contribution in [3.05, 3.63) is 29.8 Å². The lowest BCUT2D eigenvalue weighted by molar-refractivity contribution is 0.461. The molecule has 1 fully saturated rings. The average Bonchev–Trinajstić information content (AvgIpc) is 2.69. The minimum atomic E-state index is 0.681. The molecule has 0 amide bonds. The van der Waals surface area contributed by atoms with Gasteiger partial charge < -0.3 is 5.73 Å². The first-order valence-electron chi connectivity index (χ1n) is 5.63. The van der Waals surface area contributed by atoms with Gasteiger partial charge in [-0.2, -0.15) is 0 Å². The van der Waals surface area contributed by atoms with Gasteiger partial charge in [0.25, 0.3) is 0 Å². The summed E-state index contributed by atoms with van der Waals surface area (Å²) in [6.07, 6.45) is 5.63. The van der Waals surface area contributed by atoms with E-state index < -0.39 is 0 Å². The summed E-state index contributed by atoms with van der Waals surface area (Å²) in [6.45, 7) is 2.34. The standard InChI is InChI=1S/C13H19N/c1-10(11-5-2-3-6-11)12-7-4-8-13(14)9-12/h4,7-11H,2-3,5-6,14H2,1H3. The van der Waals surface area contributed by atoms with Crippen LogP contribution in [-0.2, 0) is 0 Å². The summed E-state index contributed by atoms with van der Waals surface area (Å²) in [5.41, 5.74) is 8.10. The molecule has 0 bridgehead atoms. The van der Waals surface area contributed by atoms with Crippen molar-refractivity contribution in [1.82, 2.24) is 0 Å². The summed E-state index contributed by atoms with van der Waals surface area (Å²) < 4.78 is 0. The van der Waals surface area contributed by atoms with E-state index in [4.69, 9.17) is 5.73 Å². The molecular weight excluding hydrogens is 170 g/mol. The first-order valence-corrected chi connectivity index (χ1v) is 5.63. The Balaban J connectivity index is 2.13. The molecule has 1 saturated carbocycles. The van der Waals surface area contributed by atoms with E-state index >= 15 is 0 Å². The van der Waals surface area contributed by atoms with Gasteiger partial charge in [0.1, 0.15) is 0 Å². The Morgan fingerprint density at radius 2 is 2.00 bits per heavy atom. The first-order chi connectivity index (χ1) is 6.77. The minimum absolute atomic E-state index is 0.681. The van der Waals surface area contributed by atoms with E-state index in [0.29, 0.717) is 5.92 Å². The van der Waals surface area contributed by atoms with Gasteiger partial charge in [-0.3, -0.25) is 0 Å². The molecule has 1 aliphatic carbocycles. The fourth-order valence-corrected chi connectivity index (χ4v) is 2.57. The fourth-order valence-electron chi connectivity index (χ4n) is 2.57. The van der Waals surface area contributed by atoms with Crippen molar-refractivity contribution in [2.45, 2.75) is 38.5 Å². The van der Waals surface area contributed by atoms with E-state index in [1.165, 1.54) is 31.2 Å². The van der Waals surface area contributed by atoms with Gasteiger partial charge in [-0.15, -0.1) is 0 Å². The second-order valence-electron chi connectivity index (χ2n) is 4.50. The Kier molecular flexibility index (Phi) is 2.76. The molecule has 0 radical (unpaired) electrons. The van der Waals surface area contributed by atoms with E-state index in [2.05, 4.69) is 25.1 Å². The lowest BCUT2D eigenvalue weighted by Crippen LogP contribution is -2.06. The Morgan fingerprint density at radius 3 is 2.64 bits per heavy atom. The Bertz CT molecular complexity index is 300. The number of rotatable bonds is 2. The summed E-state index contributed by atoms with van der Waals surface area (Å²) in [6, 6.07) is 8.36. The van der Waals surface area contributed by atoms with E-state index in [1.807, 2.05) is 6.07 Å². The van der Waals surface area contributed by atoms with Crippen LogP contribution in [0.15, 0.2) is 24.3 Å². The maximum absolute atomic E-state index is 5.80. The molecule has 1 nitrogen and oxygen atoms in total. The molecule has 14 heavy (non-hydrogen) atoms. The first kappa shape index (κ1) is 9.57. The number of hydrogen-bond acceptors (Lipinski definition) is 1. The largest absolute Gasteiger partial charge is 0.399 e. The van der Waals surface area contributed by atoms with Gasteiger partial charge in [0.2, 0.25) is 0 Å². The number of nitrogen functional groups attached to an aromatic ring is 1. The molecule has 2 N–H and O–H groups in total. The van der Waals surface area contributed by atoms with E-state index in [9.17, 15) is 0 Å². The monoisotopic (exact) mass is 189 g/mol. The van der Waals surface area contributed by atoms with Crippen LogP contribution in [0.25, 0.3) is 0 Å². The maximum atomic E-state index is 5.80. The highest BCUT2D eigenvalue weighted by Crippen LogP contribution is 2.37. The Labute approximate surface area is 86.3 Å². The van der Waals surface area contributed by atoms with Crippen LogP contribution in [0, 0.1) is 5.92 Å². The van der Waals surface area contributed by atoms with Crippen molar-refractivity contribution in [1.29, 1.82) is 0 Å². The van der Waals surface area contributed by atoms with Crippen molar-refractivity contribution in [2.24, 2.45) is 5.92 Å². The van der Waals surface area contributed by atoms with Gasteiger partial charge in [0.05, 0.1) is 0 Å². The normalized spacial score (nSPS) is 19.8. The third-order valence-electron chi connectivity index (χ3n) is 3.54. The number of nitrogens with two attached hydrogens (primary N) is 1. The zero-order valence-electron chi connectivity index (χ0n) is 8.87. The highest BCUT2D eigenvalue weighted by atomic mass is 14.5. The Morgan fingerprint density at radius 1 is 1.29 bits per heavy atom. The third kappa shape index (κ3) is 1.92. The van der Waals surface area contributed by atoms with E-state index in [1.54, 1.807) is 0 Å². The van der Waals surface area contributed by atoms with Gasteiger partial charge in [0.15, 0.2) is 0 Å².